The molecule has 1 atom stereocenters. The lowest BCUT2D eigenvalue weighted by Gasteiger charge is -2.40. The van der Waals surface area contributed by atoms with Crippen LogP contribution in [0.4, 0.5) is 0 Å². The van der Waals surface area contributed by atoms with Crippen LogP contribution in [-0.2, 0) is 27.3 Å². The van der Waals surface area contributed by atoms with Crippen LogP contribution in [0.25, 0.3) is 0 Å². The first-order valence-corrected chi connectivity index (χ1v) is 9.28. The summed E-state index contributed by atoms with van der Waals surface area (Å²) < 4.78 is 10.7. The number of aryl methyl sites for hydroxylation is 1. The van der Waals surface area contributed by atoms with Crippen molar-refractivity contribution in [3.05, 3.63) is 81.9 Å². The van der Waals surface area contributed by atoms with Crippen molar-refractivity contribution >= 4 is 5.97 Å². The second-order valence-electron chi connectivity index (χ2n) is 7.08. The molecule has 1 fully saturated rings. The number of hydrogen-bond acceptors (Lipinski definition) is 6. The average Bonchev–Trinajstić information content (AvgIpc) is 2.68. The second-order valence-corrected chi connectivity index (χ2v) is 7.08. The van der Waals surface area contributed by atoms with Crippen LogP contribution in [-0.4, -0.2) is 42.2 Å². The van der Waals surface area contributed by atoms with E-state index in [4.69, 9.17) is 9.47 Å². The van der Waals surface area contributed by atoms with Crippen LogP contribution in [0.2, 0.25) is 0 Å². The first-order valence-electron chi connectivity index (χ1n) is 9.28. The summed E-state index contributed by atoms with van der Waals surface area (Å²) in [5, 5.41) is 14.2. The molecule has 0 aromatic heterocycles. The van der Waals surface area contributed by atoms with Gasteiger partial charge < -0.3 is 9.47 Å². The Hall–Kier alpha value is -2.77. The van der Waals surface area contributed by atoms with E-state index < -0.39 is 17.6 Å². The number of nitro groups is 1. The number of nitrogens with zero attached hydrogens (tertiary/aromatic N) is 1. The minimum absolute atomic E-state index is 0.169. The SMILES string of the molecule is O=C(OCc1ccccc1)[C@H](CCc1ccccc1)NC1(C[N+](=O)[O-])COC1. The molecule has 0 saturated carbocycles. The maximum Gasteiger partial charge on any atom is 0.323 e. The van der Waals surface area contributed by atoms with E-state index in [1.54, 1.807) is 0 Å². The third-order valence-corrected chi connectivity index (χ3v) is 4.74. The van der Waals surface area contributed by atoms with Gasteiger partial charge in [0, 0.05) is 4.92 Å². The van der Waals surface area contributed by atoms with E-state index in [9.17, 15) is 14.9 Å². The number of nitrogens with one attached hydrogen (secondary N) is 1. The molecule has 0 radical (unpaired) electrons. The van der Waals surface area contributed by atoms with Crippen molar-refractivity contribution in [3.8, 4) is 0 Å². The summed E-state index contributed by atoms with van der Waals surface area (Å²) in [5.74, 6) is -0.408. The molecule has 0 unspecified atom stereocenters. The first kappa shape index (κ1) is 20.0. The fourth-order valence-corrected chi connectivity index (χ4v) is 3.22. The van der Waals surface area contributed by atoms with Crippen molar-refractivity contribution in [2.45, 2.75) is 31.0 Å². The third kappa shape index (κ3) is 5.61. The maximum atomic E-state index is 12.7. The van der Waals surface area contributed by atoms with Gasteiger partial charge in [0.15, 0.2) is 0 Å². The summed E-state index contributed by atoms with van der Waals surface area (Å²) in [4.78, 5) is 23.4. The molecule has 1 heterocycles. The molecule has 0 aliphatic carbocycles. The Morgan fingerprint density at radius 2 is 1.71 bits per heavy atom. The number of carbonyl (C=O) groups is 1. The zero-order chi connectivity index (χ0) is 19.8. The molecule has 7 heteroatoms. The van der Waals surface area contributed by atoms with Crippen LogP contribution in [0.15, 0.2) is 60.7 Å². The number of esters is 1. The quantitative estimate of drug-likeness (QED) is 0.384. The fraction of sp³-hybridized carbons (Fsp3) is 0.381. The minimum atomic E-state index is -0.823. The van der Waals surface area contributed by atoms with Crippen LogP contribution in [0, 0.1) is 10.1 Å². The highest BCUT2D eigenvalue weighted by Gasteiger charge is 2.46. The molecular formula is C21H24N2O5. The highest BCUT2D eigenvalue weighted by atomic mass is 16.6. The van der Waals surface area contributed by atoms with E-state index in [0.717, 1.165) is 11.1 Å². The number of rotatable bonds is 10. The van der Waals surface area contributed by atoms with Crippen LogP contribution < -0.4 is 5.32 Å². The van der Waals surface area contributed by atoms with Gasteiger partial charge in [-0.15, -0.1) is 0 Å². The molecule has 1 aliphatic heterocycles. The van der Waals surface area contributed by atoms with Gasteiger partial charge in [0.05, 0.1) is 13.2 Å². The Bertz CT molecular complexity index is 778. The normalized spacial score (nSPS) is 16.0. The molecule has 1 saturated heterocycles. The minimum Gasteiger partial charge on any atom is -0.460 e. The highest BCUT2D eigenvalue weighted by molar-refractivity contribution is 5.76. The Morgan fingerprint density at radius 1 is 1.11 bits per heavy atom. The van der Waals surface area contributed by atoms with Gasteiger partial charge in [-0.1, -0.05) is 60.7 Å². The van der Waals surface area contributed by atoms with E-state index >= 15 is 0 Å². The molecule has 1 N–H and O–H groups in total. The summed E-state index contributed by atoms with van der Waals surface area (Å²) in [6.45, 7) is 0.298. The van der Waals surface area contributed by atoms with Crippen LogP contribution >= 0.6 is 0 Å². The standard InChI is InChI=1S/C21H24N2O5/c24-20(28-13-18-9-5-2-6-10-18)19(12-11-17-7-3-1-4-8-17)22-21(14-23(25)26)15-27-16-21/h1-10,19,22H,11-16H2/t19-/m0/s1. The van der Waals surface area contributed by atoms with Crippen molar-refractivity contribution in [2.75, 3.05) is 19.8 Å². The predicted molar refractivity (Wildman–Crippen MR) is 103 cm³/mol. The smallest absolute Gasteiger partial charge is 0.323 e. The summed E-state index contributed by atoms with van der Waals surface area (Å²) in [6, 6.07) is 18.6. The van der Waals surface area contributed by atoms with Crippen molar-refractivity contribution in [1.82, 2.24) is 5.32 Å². The van der Waals surface area contributed by atoms with Crippen molar-refractivity contribution < 1.29 is 19.2 Å². The Balaban J connectivity index is 1.65. The van der Waals surface area contributed by atoms with Gasteiger partial charge in [0.2, 0.25) is 6.54 Å². The zero-order valence-corrected chi connectivity index (χ0v) is 15.6. The molecule has 1 aliphatic rings. The third-order valence-electron chi connectivity index (χ3n) is 4.74. The molecule has 0 spiro atoms. The Labute approximate surface area is 163 Å². The fourth-order valence-electron chi connectivity index (χ4n) is 3.22. The number of hydrogen-bond donors (Lipinski definition) is 1. The number of carbonyl (C=O) groups excluding carboxylic acids is 1. The summed E-state index contributed by atoms with van der Waals surface area (Å²) in [7, 11) is 0. The second kappa shape index (κ2) is 9.43. The van der Waals surface area contributed by atoms with Crippen molar-refractivity contribution in [3.63, 3.8) is 0 Å². The molecule has 0 amide bonds. The predicted octanol–water partition coefficient (Wildman–Crippen LogP) is 2.37. The van der Waals surface area contributed by atoms with Gasteiger partial charge >= 0.3 is 5.97 Å². The number of benzene rings is 2. The number of ether oxygens (including phenoxy) is 2. The monoisotopic (exact) mass is 384 g/mol. The lowest BCUT2D eigenvalue weighted by molar-refractivity contribution is -0.498. The van der Waals surface area contributed by atoms with Gasteiger partial charge in [0.25, 0.3) is 0 Å². The molecule has 148 valence electrons. The highest BCUT2D eigenvalue weighted by Crippen LogP contribution is 2.20. The van der Waals surface area contributed by atoms with Crippen molar-refractivity contribution in [2.24, 2.45) is 0 Å². The molecule has 3 rings (SSSR count). The van der Waals surface area contributed by atoms with Crippen LogP contribution in [0.1, 0.15) is 17.5 Å². The van der Waals surface area contributed by atoms with E-state index in [1.807, 2.05) is 60.7 Å². The zero-order valence-electron chi connectivity index (χ0n) is 15.6. The van der Waals surface area contributed by atoms with Crippen LogP contribution in [0.3, 0.4) is 0 Å². The largest absolute Gasteiger partial charge is 0.460 e. The maximum absolute atomic E-state index is 12.7. The Kier molecular flexibility index (Phi) is 6.73. The topological polar surface area (TPSA) is 90.7 Å². The van der Waals surface area contributed by atoms with E-state index in [2.05, 4.69) is 5.32 Å². The molecule has 0 bridgehead atoms. The molecule has 28 heavy (non-hydrogen) atoms. The van der Waals surface area contributed by atoms with E-state index in [0.29, 0.717) is 12.8 Å². The van der Waals surface area contributed by atoms with Gasteiger partial charge in [-0.05, 0) is 24.0 Å². The Morgan fingerprint density at radius 3 is 2.25 bits per heavy atom. The van der Waals surface area contributed by atoms with E-state index in [1.165, 1.54) is 0 Å². The molecule has 7 nitrogen and oxygen atoms in total. The first-order chi connectivity index (χ1) is 13.6. The summed E-state index contributed by atoms with van der Waals surface area (Å²) >= 11 is 0. The molecule has 2 aromatic rings. The summed E-state index contributed by atoms with van der Waals surface area (Å²) in [5.41, 5.74) is 1.17. The van der Waals surface area contributed by atoms with Gasteiger partial charge in [-0.2, -0.15) is 0 Å². The lowest BCUT2D eigenvalue weighted by atomic mass is 9.94. The molecular weight excluding hydrogens is 360 g/mol. The van der Waals surface area contributed by atoms with Crippen LogP contribution in [0.5, 0.6) is 0 Å². The van der Waals surface area contributed by atoms with Gasteiger partial charge in [-0.3, -0.25) is 20.2 Å². The van der Waals surface area contributed by atoms with E-state index in [-0.39, 0.29) is 31.3 Å². The molecule has 2 aromatic carbocycles. The van der Waals surface area contributed by atoms with Crippen molar-refractivity contribution in [1.29, 1.82) is 0 Å². The lowest BCUT2D eigenvalue weighted by Crippen LogP contribution is -2.68. The summed E-state index contributed by atoms with van der Waals surface area (Å²) in [6.07, 6.45) is 1.14. The van der Waals surface area contributed by atoms with Gasteiger partial charge in [-0.25, -0.2) is 0 Å². The van der Waals surface area contributed by atoms with Gasteiger partial charge in [0.1, 0.15) is 18.2 Å². The average molecular weight is 384 g/mol.